The Balaban J connectivity index is 1.40. The van der Waals surface area contributed by atoms with Gasteiger partial charge in [0, 0.05) is 19.2 Å². The molecule has 0 atom stereocenters. The minimum Gasteiger partial charge on any atom is -0.497 e. The molecule has 0 aliphatic carbocycles. The summed E-state index contributed by atoms with van der Waals surface area (Å²) in [7, 11) is 1.62. The maximum absolute atomic E-state index is 12.3. The van der Waals surface area contributed by atoms with Gasteiger partial charge in [-0.2, -0.15) is 4.98 Å². The molecule has 1 aliphatic rings. The molecule has 1 fully saturated rings. The summed E-state index contributed by atoms with van der Waals surface area (Å²) < 4.78 is 27.7. The van der Waals surface area contributed by atoms with Crippen molar-refractivity contribution in [2.75, 3.05) is 51.5 Å². The average molecular weight is 398 g/mol. The zero-order valence-corrected chi connectivity index (χ0v) is 16.1. The molecular weight excluding hydrogens is 376 g/mol. The monoisotopic (exact) mass is 398 g/mol. The molecule has 2 heterocycles. The van der Waals surface area contributed by atoms with Crippen LogP contribution >= 0.6 is 0 Å². The van der Waals surface area contributed by atoms with Crippen LogP contribution < -0.4 is 24.7 Å². The number of morpholine rings is 1. The van der Waals surface area contributed by atoms with Crippen molar-refractivity contribution in [3.8, 4) is 17.2 Å². The van der Waals surface area contributed by atoms with E-state index in [1.165, 1.54) is 0 Å². The van der Waals surface area contributed by atoms with E-state index in [2.05, 4.69) is 4.98 Å². The molecule has 4 rings (SSSR count). The summed E-state index contributed by atoms with van der Waals surface area (Å²) in [6, 6.07) is 12.7. The van der Waals surface area contributed by atoms with Gasteiger partial charge in [0.1, 0.15) is 36.0 Å². The van der Waals surface area contributed by atoms with Crippen LogP contribution in [0.25, 0.3) is 11.0 Å². The molecule has 0 bridgehead atoms. The van der Waals surface area contributed by atoms with Crippen LogP contribution in [0.2, 0.25) is 0 Å². The van der Waals surface area contributed by atoms with E-state index in [1.807, 2.05) is 29.2 Å². The lowest BCUT2D eigenvalue weighted by Gasteiger charge is -2.25. The molecule has 29 heavy (non-hydrogen) atoms. The normalized spacial score (nSPS) is 14.0. The van der Waals surface area contributed by atoms with Crippen LogP contribution in [0.3, 0.4) is 0 Å². The summed E-state index contributed by atoms with van der Waals surface area (Å²) in [5.41, 5.74) is 0.127. The molecule has 0 amide bonds. The van der Waals surface area contributed by atoms with Gasteiger partial charge in [0.15, 0.2) is 0 Å². The van der Waals surface area contributed by atoms with E-state index in [4.69, 9.17) is 23.4 Å². The molecule has 0 N–H and O–H groups in total. The van der Waals surface area contributed by atoms with Crippen molar-refractivity contribution < 1.29 is 23.4 Å². The molecule has 0 radical (unpaired) electrons. The van der Waals surface area contributed by atoms with E-state index in [9.17, 15) is 4.79 Å². The first-order valence-corrected chi connectivity index (χ1v) is 9.40. The van der Waals surface area contributed by atoms with Gasteiger partial charge in [0.2, 0.25) is 0 Å². The molecule has 1 saturated heterocycles. The largest absolute Gasteiger partial charge is 0.497 e. The molecule has 152 valence electrons. The second kappa shape index (κ2) is 8.83. The third-order valence-electron chi connectivity index (χ3n) is 4.54. The van der Waals surface area contributed by atoms with E-state index in [1.54, 1.807) is 25.3 Å². The SMILES string of the molecule is COc1ccc(OCCOc2ccc3c(=O)nc(N4CCOCC4)oc3c2)cc1. The van der Waals surface area contributed by atoms with E-state index in [-0.39, 0.29) is 5.56 Å². The quantitative estimate of drug-likeness (QED) is 0.562. The van der Waals surface area contributed by atoms with Crippen LogP contribution in [0.5, 0.6) is 17.2 Å². The Kier molecular flexibility index (Phi) is 5.81. The first kappa shape index (κ1) is 19.1. The number of hydrogen-bond acceptors (Lipinski definition) is 8. The van der Waals surface area contributed by atoms with Crippen LogP contribution in [0, 0.1) is 0 Å². The number of hydrogen-bond donors (Lipinski definition) is 0. The van der Waals surface area contributed by atoms with Crippen LogP contribution in [0.15, 0.2) is 51.7 Å². The Morgan fingerprint density at radius 1 is 0.966 bits per heavy atom. The lowest BCUT2D eigenvalue weighted by molar-refractivity contribution is 0.120. The third-order valence-corrected chi connectivity index (χ3v) is 4.54. The Morgan fingerprint density at radius 2 is 1.62 bits per heavy atom. The topological polar surface area (TPSA) is 83.3 Å². The summed E-state index contributed by atoms with van der Waals surface area (Å²) in [5.74, 6) is 2.11. The van der Waals surface area contributed by atoms with Crippen molar-refractivity contribution in [2.45, 2.75) is 0 Å². The minimum atomic E-state index is -0.317. The maximum atomic E-state index is 12.3. The number of rotatable bonds is 7. The molecule has 2 aromatic carbocycles. The van der Waals surface area contributed by atoms with Crippen molar-refractivity contribution in [2.24, 2.45) is 0 Å². The third kappa shape index (κ3) is 4.60. The summed E-state index contributed by atoms with van der Waals surface area (Å²) in [6.07, 6.45) is 0. The minimum absolute atomic E-state index is 0.311. The number of nitrogens with zero attached hydrogens (tertiary/aromatic N) is 2. The Bertz CT molecular complexity index is 1010. The molecule has 3 aromatic rings. The van der Waals surface area contributed by atoms with E-state index < -0.39 is 0 Å². The molecule has 1 aliphatic heterocycles. The van der Waals surface area contributed by atoms with Crippen molar-refractivity contribution in [1.82, 2.24) is 4.98 Å². The van der Waals surface area contributed by atoms with Crippen LogP contribution in [0.4, 0.5) is 6.01 Å². The predicted octanol–water partition coefficient (Wildman–Crippen LogP) is 2.49. The highest BCUT2D eigenvalue weighted by molar-refractivity contribution is 5.77. The lowest BCUT2D eigenvalue weighted by atomic mass is 10.2. The van der Waals surface area contributed by atoms with E-state index in [0.29, 0.717) is 62.3 Å². The van der Waals surface area contributed by atoms with Gasteiger partial charge in [-0.05, 0) is 36.4 Å². The fraction of sp³-hybridized carbons (Fsp3) is 0.333. The molecule has 0 spiro atoms. The number of benzene rings is 2. The molecule has 0 unspecified atom stereocenters. The van der Waals surface area contributed by atoms with Crippen molar-refractivity contribution in [3.63, 3.8) is 0 Å². The zero-order chi connectivity index (χ0) is 20.1. The molecule has 1 aromatic heterocycles. The van der Waals surface area contributed by atoms with Crippen molar-refractivity contribution in [1.29, 1.82) is 0 Å². The predicted molar refractivity (Wildman–Crippen MR) is 107 cm³/mol. The fourth-order valence-corrected chi connectivity index (χ4v) is 3.00. The van der Waals surface area contributed by atoms with E-state index >= 15 is 0 Å². The van der Waals surface area contributed by atoms with Gasteiger partial charge in [-0.3, -0.25) is 4.79 Å². The first-order chi connectivity index (χ1) is 14.2. The molecule has 8 nitrogen and oxygen atoms in total. The number of methoxy groups -OCH3 is 1. The van der Waals surface area contributed by atoms with Gasteiger partial charge < -0.3 is 28.3 Å². The van der Waals surface area contributed by atoms with Gasteiger partial charge in [-0.15, -0.1) is 0 Å². The Morgan fingerprint density at radius 3 is 2.34 bits per heavy atom. The van der Waals surface area contributed by atoms with Gasteiger partial charge >= 0.3 is 6.01 Å². The van der Waals surface area contributed by atoms with Gasteiger partial charge in [0.05, 0.1) is 25.7 Å². The van der Waals surface area contributed by atoms with Crippen LogP contribution in [-0.2, 0) is 4.74 Å². The average Bonchev–Trinajstić information content (AvgIpc) is 2.77. The summed E-state index contributed by atoms with van der Waals surface area (Å²) >= 11 is 0. The van der Waals surface area contributed by atoms with Gasteiger partial charge in [-0.1, -0.05) is 0 Å². The van der Waals surface area contributed by atoms with Crippen LogP contribution in [0.1, 0.15) is 0 Å². The summed E-state index contributed by atoms with van der Waals surface area (Å²) in [5, 5.41) is 0.420. The number of aromatic nitrogens is 1. The number of anilines is 1. The number of fused-ring (bicyclic) bond motifs is 1. The smallest absolute Gasteiger partial charge is 0.301 e. The molecule has 0 saturated carbocycles. The van der Waals surface area contributed by atoms with Crippen molar-refractivity contribution >= 4 is 17.0 Å². The Hall–Kier alpha value is -3.26. The highest BCUT2D eigenvalue weighted by Crippen LogP contribution is 2.22. The van der Waals surface area contributed by atoms with Gasteiger partial charge in [-0.25, -0.2) is 0 Å². The van der Waals surface area contributed by atoms with Gasteiger partial charge in [0.25, 0.3) is 5.56 Å². The van der Waals surface area contributed by atoms with E-state index in [0.717, 1.165) is 11.5 Å². The molecule has 8 heteroatoms. The summed E-state index contributed by atoms with van der Waals surface area (Å²) in [6.45, 7) is 3.18. The highest BCUT2D eigenvalue weighted by Gasteiger charge is 2.17. The van der Waals surface area contributed by atoms with Crippen LogP contribution in [-0.4, -0.2) is 51.6 Å². The second-order valence-corrected chi connectivity index (χ2v) is 6.43. The molecular formula is C21H22N2O6. The number of ether oxygens (including phenoxy) is 4. The highest BCUT2D eigenvalue weighted by atomic mass is 16.5. The second-order valence-electron chi connectivity index (χ2n) is 6.43. The lowest BCUT2D eigenvalue weighted by Crippen LogP contribution is -2.37. The maximum Gasteiger partial charge on any atom is 0.301 e. The summed E-state index contributed by atoms with van der Waals surface area (Å²) in [4.78, 5) is 18.3. The Labute approximate surface area is 167 Å². The first-order valence-electron chi connectivity index (χ1n) is 9.40. The zero-order valence-electron chi connectivity index (χ0n) is 16.1. The van der Waals surface area contributed by atoms with Crippen molar-refractivity contribution in [3.05, 3.63) is 52.8 Å². The fourth-order valence-electron chi connectivity index (χ4n) is 3.00. The standard InChI is InChI=1S/C21H22N2O6/c1-25-15-2-4-16(5-3-15)27-12-13-28-17-6-7-18-19(14-17)29-21(22-20(18)24)23-8-10-26-11-9-23/h2-7,14H,8-13H2,1H3.